The summed E-state index contributed by atoms with van der Waals surface area (Å²) in [6.45, 7) is 3.02. The number of aliphatic hydroxyl groups is 1. The minimum atomic E-state index is -0.906. The quantitative estimate of drug-likeness (QED) is 0.230. The molecule has 0 fully saturated rings. The van der Waals surface area contributed by atoms with Crippen molar-refractivity contribution in [2.24, 2.45) is 0 Å². The van der Waals surface area contributed by atoms with Gasteiger partial charge in [-0.1, -0.05) is 98.7 Å². The lowest BCUT2D eigenvalue weighted by atomic mass is 10.1. The molecule has 0 spiro atoms. The standard InChI is InChI=1S/C28H38O5/c1-4-5-8-17-27(33-22-24-15-11-7-12-16-24)26(29)19-18-25(20-28(30-2)31-3)32-21-23-13-9-6-10-14-23/h6-7,9-16,25-29H,4-5,8,17,20-22H2,1-3H3. The smallest absolute Gasteiger partial charge is 0.160 e. The number of rotatable bonds is 15. The summed E-state index contributed by atoms with van der Waals surface area (Å²) in [7, 11) is 3.18. The van der Waals surface area contributed by atoms with Gasteiger partial charge in [0, 0.05) is 20.6 Å². The van der Waals surface area contributed by atoms with E-state index < -0.39 is 18.5 Å². The molecule has 2 aromatic carbocycles. The Hall–Kier alpha value is -2.20. The normalized spacial score (nSPS) is 13.8. The van der Waals surface area contributed by atoms with E-state index in [9.17, 15) is 5.11 Å². The van der Waals surface area contributed by atoms with Crippen molar-refractivity contribution >= 4 is 0 Å². The van der Waals surface area contributed by atoms with Gasteiger partial charge in [-0.15, -0.1) is 0 Å². The number of hydrogen-bond donors (Lipinski definition) is 1. The summed E-state index contributed by atoms with van der Waals surface area (Å²) in [5.41, 5.74) is 2.13. The maximum atomic E-state index is 10.9. The van der Waals surface area contributed by atoms with Gasteiger partial charge in [-0.2, -0.15) is 0 Å². The topological polar surface area (TPSA) is 57.2 Å². The third kappa shape index (κ3) is 11.0. The van der Waals surface area contributed by atoms with Crippen molar-refractivity contribution in [2.45, 2.75) is 76.8 Å². The zero-order valence-electron chi connectivity index (χ0n) is 20.1. The molecule has 2 aromatic rings. The van der Waals surface area contributed by atoms with Crippen LogP contribution in [0.3, 0.4) is 0 Å². The van der Waals surface area contributed by atoms with Crippen molar-refractivity contribution in [2.75, 3.05) is 14.2 Å². The van der Waals surface area contributed by atoms with E-state index in [0.717, 1.165) is 36.8 Å². The van der Waals surface area contributed by atoms with Crippen molar-refractivity contribution in [1.82, 2.24) is 0 Å². The van der Waals surface area contributed by atoms with E-state index in [1.807, 2.05) is 60.7 Å². The van der Waals surface area contributed by atoms with Crippen molar-refractivity contribution in [3.05, 3.63) is 71.8 Å². The molecular formula is C28H38O5. The van der Waals surface area contributed by atoms with Gasteiger partial charge in [-0.25, -0.2) is 0 Å². The van der Waals surface area contributed by atoms with Crippen LogP contribution < -0.4 is 0 Å². The summed E-state index contributed by atoms with van der Waals surface area (Å²) < 4.78 is 22.8. The predicted molar refractivity (Wildman–Crippen MR) is 130 cm³/mol. The Balaban J connectivity index is 2.05. The summed E-state index contributed by atoms with van der Waals surface area (Å²) in [5, 5.41) is 10.9. The fourth-order valence-corrected chi connectivity index (χ4v) is 3.38. The van der Waals surface area contributed by atoms with Gasteiger partial charge in [0.05, 0.1) is 19.3 Å². The van der Waals surface area contributed by atoms with Crippen LogP contribution in [-0.2, 0) is 32.2 Å². The Morgan fingerprint density at radius 1 is 0.788 bits per heavy atom. The maximum Gasteiger partial charge on any atom is 0.160 e. The number of aliphatic hydroxyl groups excluding tert-OH is 1. The van der Waals surface area contributed by atoms with Crippen LogP contribution in [0.2, 0.25) is 0 Å². The average Bonchev–Trinajstić information content (AvgIpc) is 2.86. The molecule has 0 radical (unpaired) electrons. The number of unbranched alkanes of at least 4 members (excludes halogenated alkanes) is 2. The van der Waals surface area contributed by atoms with Crippen LogP contribution in [0.4, 0.5) is 0 Å². The molecule has 0 bridgehead atoms. The second kappa shape index (κ2) is 16.4. The SMILES string of the molecule is CCCCCC(OCc1ccccc1)C(O)C#CC(CC(OC)OC)OCc1ccccc1. The molecule has 0 aromatic heterocycles. The summed E-state index contributed by atoms with van der Waals surface area (Å²) in [4.78, 5) is 0. The van der Waals surface area contributed by atoms with Crippen LogP contribution in [-0.4, -0.2) is 43.9 Å². The molecule has 0 aliphatic heterocycles. The summed E-state index contributed by atoms with van der Waals surface area (Å²) in [6.07, 6.45) is 2.22. The Morgan fingerprint density at radius 3 is 1.91 bits per heavy atom. The number of ether oxygens (including phenoxy) is 4. The van der Waals surface area contributed by atoms with Crippen LogP contribution in [0.25, 0.3) is 0 Å². The van der Waals surface area contributed by atoms with Crippen LogP contribution in [0.15, 0.2) is 60.7 Å². The highest BCUT2D eigenvalue weighted by Crippen LogP contribution is 2.15. The van der Waals surface area contributed by atoms with Crippen LogP contribution in [0.5, 0.6) is 0 Å². The van der Waals surface area contributed by atoms with E-state index in [0.29, 0.717) is 19.6 Å². The first kappa shape index (κ1) is 27.0. The lowest BCUT2D eigenvalue weighted by molar-refractivity contribution is -0.124. The first-order chi connectivity index (χ1) is 16.2. The van der Waals surface area contributed by atoms with Crippen LogP contribution in [0, 0.1) is 11.8 Å². The summed E-state index contributed by atoms with van der Waals surface area (Å²) in [5.74, 6) is 6.08. The third-order valence-corrected chi connectivity index (χ3v) is 5.37. The molecule has 0 saturated heterocycles. The number of methoxy groups -OCH3 is 2. The highest BCUT2D eigenvalue weighted by Gasteiger charge is 2.19. The maximum absolute atomic E-state index is 10.9. The molecule has 0 aliphatic carbocycles. The van der Waals surface area contributed by atoms with Gasteiger partial charge in [-0.05, 0) is 17.5 Å². The molecule has 2 rings (SSSR count). The molecule has 0 amide bonds. The van der Waals surface area contributed by atoms with E-state index in [2.05, 4.69) is 18.8 Å². The molecule has 0 saturated carbocycles. The van der Waals surface area contributed by atoms with Crippen molar-refractivity contribution in [3.63, 3.8) is 0 Å². The fourth-order valence-electron chi connectivity index (χ4n) is 3.38. The molecule has 3 unspecified atom stereocenters. The molecule has 180 valence electrons. The lowest BCUT2D eigenvalue weighted by Crippen LogP contribution is -2.29. The molecule has 0 aliphatic rings. The van der Waals surface area contributed by atoms with E-state index in [1.54, 1.807) is 14.2 Å². The highest BCUT2D eigenvalue weighted by molar-refractivity contribution is 5.16. The van der Waals surface area contributed by atoms with Crippen molar-refractivity contribution < 1.29 is 24.1 Å². The van der Waals surface area contributed by atoms with Crippen LogP contribution in [0.1, 0.15) is 50.2 Å². The Morgan fingerprint density at radius 2 is 1.36 bits per heavy atom. The van der Waals surface area contributed by atoms with E-state index in [1.165, 1.54) is 0 Å². The first-order valence-corrected chi connectivity index (χ1v) is 11.7. The zero-order valence-corrected chi connectivity index (χ0v) is 20.1. The second-order valence-electron chi connectivity index (χ2n) is 7.99. The summed E-state index contributed by atoms with van der Waals surface area (Å²) in [6, 6.07) is 19.9. The van der Waals surface area contributed by atoms with Gasteiger partial charge in [0.1, 0.15) is 12.2 Å². The average molecular weight is 455 g/mol. The highest BCUT2D eigenvalue weighted by atomic mass is 16.7. The number of benzene rings is 2. The molecule has 5 heteroatoms. The molecule has 3 atom stereocenters. The van der Waals surface area contributed by atoms with Crippen molar-refractivity contribution in [1.29, 1.82) is 0 Å². The molecule has 5 nitrogen and oxygen atoms in total. The Labute approximate surface area is 199 Å². The monoisotopic (exact) mass is 454 g/mol. The summed E-state index contributed by atoms with van der Waals surface area (Å²) >= 11 is 0. The van der Waals surface area contributed by atoms with Gasteiger partial charge < -0.3 is 24.1 Å². The molecule has 0 heterocycles. The van der Waals surface area contributed by atoms with Crippen LogP contribution >= 0.6 is 0 Å². The molecule has 33 heavy (non-hydrogen) atoms. The van der Waals surface area contributed by atoms with Gasteiger partial charge in [0.2, 0.25) is 0 Å². The first-order valence-electron chi connectivity index (χ1n) is 11.7. The minimum absolute atomic E-state index is 0.361. The lowest BCUT2D eigenvalue weighted by Gasteiger charge is -2.21. The predicted octanol–water partition coefficient (Wildman–Crippen LogP) is 5.11. The van der Waals surface area contributed by atoms with Gasteiger partial charge in [0.15, 0.2) is 6.29 Å². The largest absolute Gasteiger partial charge is 0.378 e. The Kier molecular flexibility index (Phi) is 13.5. The van der Waals surface area contributed by atoms with Gasteiger partial charge in [0.25, 0.3) is 0 Å². The van der Waals surface area contributed by atoms with E-state index in [4.69, 9.17) is 18.9 Å². The van der Waals surface area contributed by atoms with Gasteiger partial charge in [-0.3, -0.25) is 0 Å². The van der Waals surface area contributed by atoms with Gasteiger partial charge >= 0.3 is 0 Å². The minimum Gasteiger partial charge on any atom is -0.378 e. The Bertz CT molecular complexity index is 795. The second-order valence-corrected chi connectivity index (χ2v) is 7.99. The third-order valence-electron chi connectivity index (χ3n) is 5.37. The molecule has 1 N–H and O–H groups in total. The van der Waals surface area contributed by atoms with Crippen molar-refractivity contribution in [3.8, 4) is 11.8 Å². The zero-order chi connectivity index (χ0) is 23.7. The molecular weight excluding hydrogens is 416 g/mol. The van der Waals surface area contributed by atoms with E-state index in [-0.39, 0.29) is 6.10 Å². The van der Waals surface area contributed by atoms with E-state index >= 15 is 0 Å². The fraction of sp³-hybridized carbons (Fsp3) is 0.500. The number of hydrogen-bond acceptors (Lipinski definition) is 5.